The lowest BCUT2D eigenvalue weighted by Gasteiger charge is -2.07. The van der Waals surface area contributed by atoms with Crippen LogP contribution < -0.4 is 10.1 Å². The molecule has 0 aliphatic carbocycles. The second-order valence-electron chi connectivity index (χ2n) is 6.79. The van der Waals surface area contributed by atoms with Crippen molar-refractivity contribution in [2.75, 3.05) is 18.2 Å². The summed E-state index contributed by atoms with van der Waals surface area (Å²) in [4.78, 5) is 17.6. The second kappa shape index (κ2) is 8.12. The molecule has 0 fully saturated rings. The van der Waals surface area contributed by atoms with Crippen molar-refractivity contribution in [3.05, 3.63) is 59.8 Å². The minimum atomic E-state index is -3.32. The number of ether oxygens (including phenoxy) is 1. The number of fused-ring (bicyclic) bond motifs is 1. The van der Waals surface area contributed by atoms with E-state index in [1.807, 2.05) is 25.1 Å². The number of rotatable bonds is 6. The first-order chi connectivity index (χ1) is 14.8. The molecule has 2 aromatic heterocycles. The van der Waals surface area contributed by atoms with Crippen molar-refractivity contribution in [2.45, 2.75) is 18.7 Å². The molecule has 0 saturated carbocycles. The van der Waals surface area contributed by atoms with Crippen LogP contribution in [0.1, 0.15) is 23.0 Å². The van der Waals surface area contributed by atoms with Gasteiger partial charge in [-0.3, -0.25) is 4.79 Å². The van der Waals surface area contributed by atoms with E-state index in [0.29, 0.717) is 16.5 Å². The van der Waals surface area contributed by atoms with Crippen LogP contribution in [0.3, 0.4) is 0 Å². The van der Waals surface area contributed by atoms with E-state index in [2.05, 4.69) is 15.4 Å². The Bertz CT molecular complexity index is 1370. The van der Waals surface area contributed by atoms with Gasteiger partial charge in [0.05, 0.1) is 33.7 Å². The number of amides is 1. The molecule has 2 heterocycles. The number of thiazole rings is 1. The van der Waals surface area contributed by atoms with Crippen molar-refractivity contribution >= 4 is 43.1 Å². The first-order valence-electron chi connectivity index (χ1n) is 9.46. The van der Waals surface area contributed by atoms with Crippen molar-refractivity contribution in [1.82, 2.24) is 14.8 Å². The third-order valence-corrected chi connectivity index (χ3v) is 7.44. The fourth-order valence-corrected chi connectivity index (χ4v) is 4.86. The van der Waals surface area contributed by atoms with E-state index in [1.165, 1.54) is 35.6 Å². The van der Waals surface area contributed by atoms with Gasteiger partial charge in [0.25, 0.3) is 5.91 Å². The number of hydrogen-bond donors (Lipinski definition) is 1. The minimum Gasteiger partial charge on any atom is -0.497 e. The van der Waals surface area contributed by atoms with E-state index in [-0.39, 0.29) is 16.6 Å². The van der Waals surface area contributed by atoms with Gasteiger partial charge in [-0.05, 0) is 49.4 Å². The molecule has 8 nitrogen and oxygen atoms in total. The molecule has 0 unspecified atom stereocenters. The lowest BCUT2D eigenvalue weighted by Crippen LogP contribution is -2.15. The molecule has 10 heteroatoms. The van der Waals surface area contributed by atoms with Gasteiger partial charge in [0.2, 0.25) is 5.13 Å². The highest BCUT2D eigenvalue weighted by Crippen LogP contribution is 2.30. The average Bonchev–Trinajstić information content (AvgIpc) is 3.35. The number of aromatic nitrogens is 3. The standard InChI is InChI=1S/C21H20N4O4S2/c1-4-31(27,28)16-8-5-14(6-9-16)20(26)23-19-11-13(2)24-25(19)21-22-17-10-7-15(29-3)12-18(17)30-21/h5-12H,4H2,1-3H3,(H,23,26). The van der Waals surface area contributed by atoms with Crippen LogP contribution in [0, 0.1) is 6.92 Å². The quantitative estimate of drug-likeness (QED) is 0.473. The molecule has 2 aromatic carbocycles. The molecule has 4 rings (SSSR count). The smallest absolute Gasteiger partial charge is 0.256 e. The number of nitrogens with zero attached hydrogens (tertiary/aromatic N) is 3. The predicted octanol–water partition coefficient (Wildman–Crippen LogP) is 3.84. The number of benzene rings is 2. The summed E-state index contributed by atoms with van der Waals surface area (Å²) in [6, 6.07) is 13.2. The van der Waals surface area contributed by atoms with Crippen LogP contribution in [0.5, 0.6) is 5.75 Å². The van der Waals surface area contributed by atoms with Gasteiger partial charge in [-0.2, -0.15) is 9.78 Å². The van der Waals surface area contributed by atoms with Crippen molar-refractivity contribution in [1.29, 1.82) is 0 Å². The molecule has 0 aliphatic rings. The summed E-state index contributed by atoms with van der Waals surface area (Å²) >= 11 is 1.43. The van der Waals surface area contributed by atoms with Crippen LogP contribution in [0.4, 0.5) is 5.82 Å². The summed E-state index contributed by atoms with van der Waals surface area (Å²) in [6.07, 6.45) is 0. The van der Waals surface area contributed by atoms with Crippen LogP contribution >= 0.6 is 11.3 Å². The van der Waals surface area contributed by atoms with Crippen molar-refractivity contribution in [3.63, 3.8) is 0 Å². The summed E-state index contributed by atoms with van der Waals surface area (Å²) < 4.78 is 31.7. The molecule has 31 heavy (non-hydrogen) atoms. The number of hydrogen-bond acceptors (Lipinski definition) is 7. The third-order valence-electron chi connectivity index (χ3n) is 4.69. The fraction of sp³-hybridized carbons (Fsp3) is 0.190. The lowest BCUT2D eigenvalue weighted by atomic mass is 10.2. The second-order valence-corrected chi connectivity index (χ2v) is 10.1. The molecular formula is C21H20N4O4S2. The zero-order valence-corrected chi connectivity index (χ0v) is 18.8. The maximum Gasteiger partial charge on any atom is 0.256 e. The molecular weight excluding hydrogens is 436 g/mol. The minimum absolute atomic E-state index is 0.00501. The highest BCUT2D eigenvalue weighted by atomic mass is 32.2. The van der Waals surface area contributed by atoms with Crippen molar-refractivity contribution < 1.29 is 17.9 Å². The van der Waals surface area contributed by atoms with Crippen molar-refractivity contribution in [3.8, 4) is 10.9 Å². The van der Waals surface area contributed by atoms with Crippen LogP contribution in [-0.4, -0.2) is 42.0 Å². The van der Waals surface area contributed by atoms with Gasteiger partial charge < -0.3 is 10.1 Å². The Labute approximate surface area is 183 Å². The molecule has 1 N–H and O–H groups in total. The largest absolute Gasteiger partial charge is 0.497 e. The number of methoxy groups -OCH3 is 1. The molecule has 0 spiro atoms. The third kappa shape index (κ3) is 4.17. The number of nitrogens with one attached hydrogen (secondary N) is 1. The zero-order chi connectivity index (χ0) is 22.2. The van der Waals surface area contributed by atoms with Gasteiger partial charge >= 0.3 is 0 Å². The van der Waals surface area contributed by atoms with E-state index in [0.717, 1.165) is 21.7 Å². The average molecular weight is 457 g/mol. The van der Waals surface area contributed by atoms with Crippen LogP contribution in [0.15, 0.2) is 53.4 Å². The van der Waals surface area contributed by atoms with Gasteiger partial charge in [0.1, 0.15) is 11.6 Å². The SMILES string of the molecule is CCS(=O)(=O)c1ccc(C(=O)Nc2cc(C)nn2-c2nc3ccc(OC)cc3s2)cc1. The molecule has 0 aliphatic heterocycles. The van der Waals surface area contributed by atoms with Gasteiger partial charge in [-0.1, -0.05) is 18.3 Å². The number of carbonyl (C=O) groups is 1. The first-order valence-corrected chi connectivity index (χ1v) is 11.9. The van der Waals surface area contributed by atoms with Crippen molar-refractivity contribution in [2.24, 2.45) is 0 Å². The fourth-order valence-electron chi connectivity index (χ4n) is 3.01. The molecule has 160 valence electrons. The highest BCUT2D eigenvalue weighted by Gasteiger charge is 2.17. The molecule has 0 saturated heterocycles. The predicted molar refractivity (Wildman–Crippen MR) is 120 cm³/mol. The number of carbonyl (C=O) groups excluding carboxylic acids is 1. The molecule has 4 aromatic rings. The zero-order valence-electron chi connectivity index (χ0n) is 17.1. The summed E-state index contributed by atoms with van der Waals surface area (Å²) in [5.74, 6) is 0.843. The first kappa shape index (κ1) is 21.0. The van der Waals surface area contributed by atoms with E-state index >= 15 is 0 Å². The normalized spacial score (nSPS) is 11.6. The Morgan fingerprint density at radius 1 is 1.16 bits per heavy atom. The number of anilines is 1. The molecule has 0 bridgehead atoms. The summed E-state index contributed by atoms with van der Waals surface area (Å²) in [7, 11) is -1.71. The summed E-state index contributed by atoms with van der Waals surface area (Å²) in [6.45, 7) is 3.41. The van der Waals surface area contributed by atoms with Crippen LogP contribution in [-0.2, 0) is 9.84 Å². The van der Waals surface area contributed by atoms with Gasteiger partial charge in [-0.25, -0.2) is 13.4 Å². The molecule has 0 atom stereocenters. The van der Waals surface area contributed by atoms with E-state index < -0.39 is 9.84 Å². The molecule has 0 radical (unpaired) electrons. The van der Waals surface area contributed by atoms with Gasteiger partial charge in [0.15, 0.2) is 9.84 Å². The number of aryl methyl sites for hydroxylation is 1. The summed E-state index contributed by atoms with van der Waals surface area (Å²) in [5, 5.41) is 7.91. The summed E-state index contributed by atoms with van der Waals surface area (Å²) in [5.41, 5.74) is 1.87. The highest BCUT2D eigenvalue weighted by molar-refractivity contribution is 7.91. The Morgan fingerprint density at radius 3 is 2.58 bits per heavy atom. The Balaban J connectivity index is 1.62. The topological polar surface area (TPSA) is 103 Å². The van der Waals surface area contributed by atoms with Crippen LogP contribution in [0.25, 0.3) is 15.3 Å². The van der Waals surface area contributed by atoms with E-state index in [4.69, 9.17) is 4.74 Å². The van der Waals surface area contributed by atoms with Crippen LogP contribution in [0.2, 0.25) is 0 Å². The maximum absolute atomic E-state index is 12.8. The van der Waals surface area contributed by atoms with Gasteiger partial charge in [-0.15, -0.1) is 0 Å². The lowest BCUT2D eigenvalue weighted by molar-refractivity contribution is 0.102. The number of sulfone groups is 1. The van der Waals surface area contributed by atoms with E-state index in [9.17, 15) is 13.2 Å². The van der Waals surface area contributed by atoms with Gasteiger partial charge in [0, 0.05) is 11.6 Å². The Kier molecular flexibility index (Phi) is 5.50. The van der Waals surface area contributed by atoms with E-state index in [1.54, 1.807) is 24.8 Å². The monoisotopic (exact) mass is 456 g/mol. The maximum atomic E-state index is 12.8. The Morgan fingerprint density at radius 2 is 1.90 bits per heavy atom. The Hall–Kier alpha value is -3.24. The molecule has 1 amide bonds.